The first-order valence-corrected chi connectivity index (χ1v) is 7.30. The molecule has 5 nitrogen and oxygen atoms in total. The van der Waals surface area contributed by atoms with Gasteiger partial charge in [0, 0.05) is 30.8 Å². The van der Waals surface area contributed by atoms with Crippen molar-refractivity contribution >= 4 is 5.91 Å². The molecule has 1 saturated carbocycles. The summed E-state index contributed by atoms with van der Waals surface area (Å²) in [4.78, 5) is 13.8. The van der Waals surface area contributed by atoms with E-state index in [9.17, 15) is 4.79 Å². The van der Waals surface area contributed by atoms with E-state index in [1.165, 1.54) is 0 Å². The van der Waals surface area contributed by atoms with Crippen LogP contribution >= 0.6 is 0 Å². The van der Waals surface area contributed by atoms with Gasteiger partial charge >= 0.3 is 0 Å². The second-order valence-electron chi connectivity index (χ2n) is 5.44. The van der Waals surface area contributed by atoms with E-state index in [0.29, 0.717) is 11.8 Å². The Hall–Kier alpha value is -1.75. The summed E-state index contributed by atoms with van der Waals surface area (Å²) < 4.78 is 11.0. The van der Waals surface area contributed by atoms with Gasteiger partial charge in [-0.25, -0.2) is 0 Å². The van der Waals surface area contributed by atoms with E-state index in [0.717, 1.165) is 24.2 Å². The lowest BCUT2D eigenvalue weighted by atomic mass is 10.1. The molecule has 1 atom stereocenters. The number of methoxy groups -OCH3 is 1. The predicted molar refractivity (Wildman–Crippen MR) is 81.8 cm³/mol. The molecule has 0 bridgehead atoms. The number of nitrogens with one attached hydrogen (secondary N) is 1. The normalized spacial score (nSPS) is 15.4. The summed E-state index contributed by atoms with van der Waals surface area (Å²) >= 11 is 0. The molecule has 1 aromatic rings. The van der Waals surface area contributed by atoms with Gasteiger partial charge in [-0.3, -0.25) is 4.79 Å². The monoisotopic (exact) mass is 292 g/mol. The Morgan fingerprint density at radius 3 is 2.76 bits per heavy atom. The minimum absolute atomic E-state index is 0.0170. The molecule has 116 valence electrons. The Morgan fingerprint density at radius 1 is 1.48 bits per heavy atom. The fraction of sp³-hybridized carbons (Fsp3) is 0.562. The van der Waals surface area contributed by atoms with E-state index in [-0.39, 0.29) is 18.6 Å². The predicted octanol–water partition coefficient (Wildman–Crippen LogP) is 1.98. The third kappa shape index (κ3) is 3.88. The molecule has 0 spiro atoms. The fourth-order valence-electron chi connectivity index (χ4n) is 2.19. The number of likely N-dealkylation sites (N-methyl/N-ethyl adjacent to an activating group) is 1. The molecule has 1 unspecified atom stereocenters. The van der Waals surface area contributed by atoms with Crippen LogP contribution in [0.25, 0.3) is 0 Å². The average molecular weight is 292 g/mol. The van der Waals surface area contributed by atoms with Crippen molar-refractivity contribution in [3.8, 4) is 11.5 Å². The van der Waals surface area contributed by atoms with Crippen LogP contribution in [0.3, 0.4) is 0 Å². The summed E-state index contributed by atoms with van der Waals surface area (Å²) in [6.45, 7) is 2.11. The van der Waals surface area contributed by atoms with Crippen LogP contribution in [0.1, 0.15) is 31.4 Å². The lowest BCUT2D eigenvalue weighted by Crippen LogP contribution is -2.33. The van der Waals surface area contributed by atoms with E-state index in [4.69, 9.17) is 9.47 Å². The first-order chi connectivity index (χ1) is 10.1. The quantitative estimate of drug-likeness (QED) is 0.835. The van der Waals surface area contributed by atoms with Crippen LogP contribution in [0.5, 0.6) is 11.5 Å². The first kappa shape index (κ1) is 15.6. The summed E-state index contributed by atoms with van der Waals surface area (Å²) in [7, 11) is 5.35. The molecule has 2 rings (SSSR count). The number of carbonyl (C=O) groups is 1. The summed E-state index contributed by atoms with van der Waals surface area (Å²) in [5.74, 6) is 1.43. The molecule has 0 saturated heterocycles. The second kappa shape index (κ2) is 6.80. The maximum atomic E-state index is 12.1. The standard InChI is InChI=1S/C16H24N2O3/c1-11(17-2)14-8-7-13(20-4)9-15(14)21-10-16(19)18(3)12-5-6-12/h7-9,11-12,17H,5-6,10H2,1-4H3. The molecule has 21 heavy (non-hydrogen) atoms. The van der Waals surface area contributed by atoms with Gasteiger partial charge in [-0.1, -0.05) is 6.07 Å². The Bertz CT molecular complexity index is 500. The highest BCUT2D eigenvalue weighted by Gasteiger charge is 2.29. The van der Waals surface area contributed by atoms with Crippen LogP contribution in [0.15, 0.2) is 18.2 Å². The van der Waals surface area contributed by atoms with E-state index >= 15 is 0 Å². The van der Waals surface area contributed by atoms with Gasteiger partial charge in [0.25, 0.3) is 5.91 Å². The zero-order valence-electron chi connectivity index (χ0n) is 13.2. The zero-order valence-corrected chi connectivity index (χ0v) is 13.2. The molecule has 1 amide bonds. The number of rotatable bonds is 7. The SMILES string of the molecule is CNC(C)c1ccc(OC)cc1OCC(=O)N(C)C1CC1. The van der Waals surface area contributed by atoms with Gasteiger partial charge in [-0.2, -0.15) is 0 Å². The van der Waals surface area contributed by atoms with Crippen molar-refractivity contribution in [2.75, 3.05) is 27.8 Å². The van der Waals surface area contributed by atoms with Crippen molar-refractivity contribution in [3.05, 3.63) is 23.8 Å². The molecule has 1 aromatic carbocycles. The highest BCUT2D eigenvalue weighted by Crippen LogP contribution is 2.30. The molecule has 1 aliphatic rings. The van der Waals surface area contributed by atoms with E-state index in [1.807, 2.05) is 39.2 Å². The Kier molecular flexibility index (Phi) is 5.07. The molecule has 1 N–H and O–H groups in total. The van der Waals surface area contributed by atoms with Crippen LogP contribution in [-0.4, -0.2) is 44.7 Å². The van der Waals surface area contributed by atoms with Gasteiger partial charge in [-0.05, 0) is 32.9 Å². The molecular weight excluding hydrogens is 268 g/mol. The van der Waals surface area contributed by atoms with Crippen LogP contribution in [0.4, 0.5) is 0 Å². The molecular formula is C16H24N2O3. The molecule has 0 heterocycles. The minimum Gasteiger partial charge on any atom is -0.497 e. The molecule has 1 aliphatic carbocycles. The van der Waals surface area contributed by atoms with E-state index < -0.39 is 0 Å². The number of hydrogen-bond donors (Lipinski definition) is 1. The maximum absolute atomic E-state index is 12.1. The molecule has 1 fully saturated rings. The van der Waals surface area contributed by atoms with Crippen molar-refractivity contribution in [2.24, 2.45) is 0 Å². The van der Waals surface area contributed by atoms with Gasteiger partial charge in [0.1, 0.15) is 11.5 Å². The number of benzene rings is 1. The number of nitrogens with zero attached hydrogens (tertiary/aromatic N) is 1. The van der Waals surface area contributed by atoms with Crippen molar-refractivity contribution in [2.45, 2.75) is 31.8 Å². The largest absolute Gasteiger partial charge is 0.497 e. The number of amides is 1. The Morgan fingerprint density at radius 2 is 2.19 bits per heavy atom. The van der Waals surface area contributed by atoms with E-state index in [1.54, 1.807) is 12.0 Å². The average Bonchev–Trinajstić information content (AvgIpc) is 3.35. The topological polar surface area (TPSA) is 50.8 Å². The lowest BCUT2D eigenvalue weighted by molar-refractivity contribution is -0.132. The van der Waals surface area contributed by atoms with Gasteiger partial charge in [0.15, 0.2) is 6.61 Å². The van der Waals surface area contributed by atoms with Gasteiger partial charge < -0.3 is 19.7 Å². The maximum Gasteiger partial charge on any atom is 0.260 e. The zero-order chi connectivity index (χ0) is 15.4. The molecule has 0 aliphatic heterocycles. The van der Waals surface area contributed by atoms with Crippen molar-refractivity contribution < 1.29 is 14.3 Å². The fourth-order valence-corrected chi connectivity index (χ4v) is 2.19. The number of ether oxygens (including phenoxy) is 2. The van der Waals surface area contributed by atoms with Gasteiger partial charge in [0.2, 0.25) is 0 Å². The van der Waals surface area contributed by atoms with E-state index in [2.05, 4.69) is 5.32 Å². The number of hydrogen-bond acceptors (Lipinski definition) is 4. The second-order valence-corrected chi connectivity index (χ2v) is 5.44. The third-order valence-corrected chi connectivity index (χ3v) is 3.96. The van der Waals surface area contributed by atoms with Crippen molar-refractivity contribution in [1.82, 2.24) is 10.2 Å². The van der Waals surface area contributed by atoms with Crippen LogP contribution in [0, 0.1) is 0 Å². The van der Waals surface area contributed by atoms with Crippen LogP contribution in [-0.2, 0) is 4.79 Å². The highest BCUT2D eigenvalue weighted by molar-refractivity contribution is 5.78. The van der Waals surface area contributed by atoms with Crippen LogP contribution in [0.2, 0.25) is 0 Å². The lowest BCUT2D eigenvalue weighted by Gasteiger charge is -2.20. The summed E-state index contributed by atoms with van der Waals surface area (Å²) in [6.07, 6.45) is 2.20. The molecule has 0 radical (unpaired) electrons. The Balaban J connectivity index is 2.07. The van der Waals surface area contributed by atoms with Gasteiger partial charge in [-0.15, -0.1) is 0 Å². The van der Waals surface area contributed by atoms with Crippen molar-refractivity contribution in [1.29, 1.82) is 0 Å². The van der Waals surface area contributed by atoms with Gasteiger partial charge in [0.05, 0.1) is 7.11 Å². The molecule has 0 aromatic heterocycles. The summed E-state index contributed by atoms with van der Waals surface area (Å²) in [5.41, 5.74) is 1.01. The van der Waals surface area contributed by atoms with Crippen molar-refractivity contribution in [3.63, 3.8) is 0 Å². The third-order valence-electron chi connectivity index (χ3n) is 3.96. The van der Waals surface area contributed by atoms with Crippen LogP contribution < -0.4 is 14.8 Å². The molecule has 5 heteroatoms. The summed E-state index contributed by atoms with van der Waals surface area (Å²) in [5, 5.41) is 3.18. The number of carbonyl (C=O) groups excluding carboxylic acids is 1. The first-order valence-electron chi connectivity index (χ1n) is 7.30. The minimum atomic E-state index is 0.0170. The Labute approximate surface area is 126 Å². The summed E-state index contributed by atoms with van der Waals surface area (Å²) in [6, 6.07) is 6.23. The highest BCUT2D eigenvalue weighted by atomic mass is 16.5. The smallest absolute Gasteiger partial charge is 0.260 e.